The first kappa shape index (κ1) is 18.8. The number of fused-ring (bicyclic) bond motifs is 1. The lowest BCUT2D eigenvalue weighted by Crippen LogP contribution is -2.27. The third kappa shape index (κ3) is 4.59. The van der Waals surface area contributed by atoms with Gasteiger partial charge in [0.15, 0.2) is 0 Å². The number of aromatic nitrogens is 4. The van der Waals surface area contributed by atoms with Crippen molar-refractivity contribution in [1.82, 2.24) is 24.4 Å². The molecule has 1 atom stereocenters. The van der Waals surface area contributed by atoms with E-state index in [9.17, 15) is 5.11 Å². The molecule has 1 aliphatic rings. The highest BCUT2D eigenvalue weighted by Gasteiger charge is 2.20. The summed E-state index contributed by atoms with van der Waals surface area (Å²) in [5, 5.41) is 12.9. The van der Waals surface area contributed by atoms with Crippen LogP contribution < -0.4 is 5.32 Å². The van der Waals surface area contributed by atoms with E-state index in [1.165, 1.54) is 5.56 Å². The summed E-state index contributed by atoms with van der Waals surface area (Å²) in [4.78, 5) is 16.2. The summed E-state index contributed by atoms with van der Waals surface area (Å²) in [7, 11) is 0. The molecule has 1 aliphatic heterocycles. The fraction of sp³-hybridized carbons (Fsp3) is 0.632. The molecule has 7 nitrogen and oxygen atoms in total. The van der Waals surface area contributed by atoms with Gasteiger partial charge in [0.1, 0.15) is 17.5 Å². The summed E-state index contributed by atoms with van der Waals surface area (Å²) in [5.74, 6) is 2.79. The van der Waals surface area contributed by atoms with Crippen LogP contribution >= 0.6 is 0 Å². The van der Waals surface area contributed by atoms with E-state index in [1.54, 1.807) is 6.92 Å². The highest BCUT2D eigenvalue weighted by molar-refractivity contribution is 5.47. The number of rotatable bonds is 7. The Morgan fingerprint density at radius 3 is 2.85 bits per heavy atom. The van der Waals surface area contributed by atoms with Crippen LogP contribution in [0, 0.1) is 6.92 Å². The minimum Gasteiger partial charge on any atom is -0.392 e. The zero-order valence-electron chi connectivity index (χ0n) is 16.1. The van der Waals surface area contributed by atoms with Crippen molar-refractivity contribution in [3.8, 4) is 0 Å². The summed E-state index contributed by atoms with van der Waals surface area (Å²) in [6.07, 6.45) is 6.49. The smallest absolute Gasteiger partial charge is 0.133 e. The van der Waals surface area contributed by atoms with Gasteiger partial charge in [-0.3, -0.25) is 4.90 Å². The van der Waals surface area contributed by atoms with Gasteiger partial charge in [0.05, 0.1) is 18.3 Å². The quantitative estimate of drug-likeness (QED) is 0.786. The number of aryl methyl sites for hydroxylation is 2. The molecule has 0 fully saturated rings. The second-order valence-corrected chi connectivity index (χ2v) is 7.09. The van der Waals surface area contributed by atoms with Gasteiger partial charge in [-0.05, 0) is 26.7 Å². The predicted molar refractivity (Wildman–Crippen MR) is 102 cm³/mol. The highest BCUT2D eigenvalue weighted by atomic mass is 16.3. The van der Waals surface area contributed by atoms with Gasteiger partial charge in [0, 0.05) is 50.6 Å². The van der Waals surface area contributed by atoms with Crippen molar-refractivity contribution in [2.75, 3.05) is 25.0 Å². The second-order valence-electron chi connectivity index (χ2n) is 7.09. The predicted octanol–water partition coefficient (Wildman–Crippen LogP) is 1.79. The molecule has 7 heteroatoms. The Kier molecular flexibility index (Phi) is 6.21. The van der Waals surface area contributed by atoms with Crippen LogP contribution in [0.15, 0.2) is 12.4 Å². The molecule has 3 rings (SSSR count). The van der Waals surface area contributed by atoms with E-state index in [0.29, 0.717) is 6.54 Å². The SMILES string of the molecule is CCCn1ccnc1CN1CCc2nc(C)nc(NCC(C)O)c2CC1. The van der Waals surface area contributed by atoms with Crippen LogP contribution in [0.3, 0.4) is 0 Å². The summed E-state index contributed by atoms with van der Waals surface area (Å²) < 4.78 is 2.25. The van der Waals surface area contributed by atoms with Crippen LogP contribution in [0.5, 0.6) is 0 Å². The van der Waals surface area contributed by atoms with Crippen molar-refractivity contribution >= 4 is 5.82 Å². The van der Waals surface area contributed by atoms with Gasteiger partial charge in [-0.15, -0.1) is 0 Å². The highest BCUT2D eigenvalue weighted by Crippen LogP contribution is 2.22. The number of anilines is 1. The van der Waals surface area contributed by atoms with Gasteiger partial charge in [0.25, 0.3) is 0 Å². The molecule has 142 valence electrons. The zero-order valence-corrected chi connectivity index (χ0v) is 16.1. The van der Waals surface area contributed by atoms with Gasteiger partial charge in [0.2, 0.25) is 0 Å². The molecule has 2 N–H and O–H groups in total. The third-order valence-electron chi connectivity index (χ3n) is 4.74. The second kappa shape index (κ2) is 8.60. The maximum absolute atomic E-state index is 9.57. The minimum absolute atomic E-state index is 0.402. The number of hydrogen-bond donors (Lipinski definition) is 2. The number of hydrogen-bond acceptors (Lipinski definition) is 6. The summed E-state index contributed by atoms with van der Waals surface area (Å²) in [5.41, 5.74) is 2.32. The Hall–Kier alpha value is -1.99. The maximum atomic E-state index is 9.57. The Labute approximate surface area is 155 Å². The van der Waals surface area contributed by atoms with Crippen LogP contribution in [0.25, 0.3) is 0 Å². The zero-order chi connectivity index (χ0) is 18.5. The molecule has 0 spiro atoms. The van der Waals surface area contributed by atoms with Crippen molar-refractivity contribution in [2.45, 2.75) is 59.2 Å². The first-order valence-electron chi connectivity index (χ1n) is 9.57. The van der Waals surface area contributed by atoms with Crippen LogP contribution in [-0.4, -0.2) is 55.3 Å². The van der Waals surface area contributed by atoms with Crippen molar-refractivity contribution in [2.24, 2.45) is 0 Å². The van der Waals surface area contributed by atoms with Crippen molar-refractivity contribution in [3.05, 3.63) is 35.3 Å². The molecule has 2 aromatic heterocycles. The number of aliphatic hydroxyl groups is 1. The number of imidazole rings is 1. The van der Waals surface area contributed by atoms with Gasteiger partial charge < -0.3 is 15.0 Å². The van der Waals surface area contributed by atoms with Crippen LogP contribution in [-0.2, 0) is 25.9 Å². The average molecular weight is 358 g/mol. The fourth-order valence-corrected chi connectivity index (χ4v) is 3.45. The van der Waals surface area contributed by atoms with Gasteiger partial charge >= 0.3 is 0 Å². The molecule has 0 bridgehead atoms. The largest absolute Gasteiger partial charge is 0.392 e. The lowest BCUT2D eigenvalue weighted by molar-refractivity contribution is 0.208. The molecule has 0 radical (unpaired) electrons. The summed E-state index contributed by atoms with van der Waals surface area (Å²) >= 11 is 0. The Morgan fingerprint density at radius 2 is 2.08 bits per heavy atom. The van der Waals surface area contributed by atoms with Crippen molar-refractivity contribution in [1.29, 1.82) is 0 Å². The molecule has 0 aliphatic carbocycles. The molecule has 26 heavy (non-hydrogen) atoms. The van der Waals surface area contributed by atoms with E-state index in [-0.39, 0.29) is 0 Å². The first-order chi connectivity index (χ1) is 12.6. The normalized spacial score (nSPS) is 16.2. The molecule has 0 aromatic carbocycles. The minimum atomic E-state index is -0.402. The van der Waals surface area contributed by atoms with E-state index >= 15 is 0 Å². The Balaban J connectivity index is 1.72. The molecular weight excluding hydrogens is 328 g/mol. The monoisotopic (exact) mass is 358 g/mol. The van der Waals surface area contributed by atoms with Crippen molar-refractivity contribution in [3.63, 3.8) is 0 Å². The van der Waals surface area contributed by atoms with Crippen LogP contribution in [0.1, 0.15) is 43.2 Å². The topological polar surface area (TPSA) is 79.1 Å². The maximum Gasteiger partial charge on any atom is 0.133 e. The Morgan fingerprint density at radius 1 is 1.27 bits per heavy atom. The lowest BCUT2D eigenvalue weighted by atomic mass is 10.1. The molecule has 3 heterocycles. The van der Waals surface area contributed by atoms with E-state index in [4.69, 9.17) is 0 Å². The number of nitrogens with zero attached hydrogens (tertiary/aromatic N) is 5. The number of aliphatic hydroxyl groups excluding tert-OH is 1. The molecule has 0 saturated carbocycles. The Bertz CT molecular complexity index is 727. The van der Waals surface area contributed by atoms with Crippen LogP contribution in [0.4, 0.5) is 5.82 Å². The molecule has 1 unspecified atom stereocenters. The van der Waals surface area contributed by atoms with E-state index in [1.807, 2.05) is 13.1 Å². The molecule has 2 aromatic rings. The van der Waals surface area contributed by atoms with E-state index in [0.717, 1.165) is 68.6 Å². The van der Waals surface area contributed by atoms with E-state index < -0.39 is 6.10 Å². The molecule has 0 saturated heterocycles. The van der Waals surface area contributed by atoms with Gasteiger partial charge in [-0.1, -0.05) is 6.92 Å². The average Bonchev–Trinajstić information content (AvgIpc) is 2.92. The standard InChI is InChI=1S/C19H30N6O/c1-4-8-25-11-7-20-18(25)13-24-9-5-16-17(6-10-24)22-15(3)23-19(16)21-12-14(2)26/h7,11,14,26H,4-6,8-10,12-13H2,1-3H3,(H,21,22,23). The molecule has 0 amide bonds. The van der Waals surface area contributed by atoms with Crippen LogP contribution in [0.2, 0.25) is 0 Å². The fourth-order valence-electron chi connectivity index (χ4n) is 3.45. The third-order valence-corrected chi connectivity index (χ3v) is 4.74. The number of nitrogens with one attached hydrogen (secondary N) is 1. The first-order valence-corrected chi connectivity index (χ1v) is 9.57. The van der Waals surface area contributed by atoms with Gasteiger partial charge in [-0.25, -0.2) is 15.0 Å². The summed E-state index contributed by atoms with van der Waals surface area (Å²) in [6, 6.07) is 0. The lowest BCUT2D eigenvalue weighted by Gasteiger charge is -2.20. The summed E-state index contributed by atoms with van der Waals surface area (Å²) in [6.45, 7) is 10.2. The molecular formula is C19H30N6O. The van der Waals surface area contributed by atoms with E-state index in [2.05, 4.69) is 42.9 Å². The van der Waals surface area contributed by atoms with Gasteiger partial charge in [-0.2, -0.15) is 0 Å². The van der Waals surface area contributed by atoms with Crippen molar-refractivity contribution < 1.29 is 5.11 Å².